The Bertz CT molecular complexity index is 1430. The fourth-order valence-electron chi connectivity index (χ4n) is 5.45. The van der Waals surface area contributed by atoms with E-state index in [1.807, 2.05) is 36.4 Å². The summed E-state index contributed by atoms with van der Waals surface area (Å²) in [6, 6.07) is 13.3. The second-order valence-corrected chi connectivity index (χ2v) is 12.4. The number of alkyl halides is 3. The SMILES string of the molecule is CNS(=O)(=O)C1=CCC=CC=C1c1ccc(CN(C)C(=O)C2CCC[C@H]2CNCc2ccc(OC(F)(F)F)cc2)cc1. The Kier molecular flexibility index (Phi) is 10.3. The molecule has 1 amide bonds. The van der Waals surface area contributed by atoms with Gasteiger partial charge in [0.2, 0.25) is 15.9 Å². The van der Waals surface area contributed by atoms with Gasteiger partial charge < -0.3 is 15.0 Å². The number of nitrogens with one attached hydrogen (secondary N) is 2. The Morgan fingerprint density at radius 3 is 2.40 bits per heavy atom. The van der Waals surface area contributed by atoms with E-state index in [4.69, 9.17) is 0 Å². The van der Waals surface area contributed by atoms with Crippen molar-refractivity contribution in [3.8, 4) is 5.75 Å². The van der Waals surface area contributed by atoms with Gasteiger partial charge in [0.05, 0.1) is 4.91 Å². The molecule has 226 valence electrons. The maximum absolute atomic E-state index is 13.4. The van der Waals surface area contributed by atoms with E-state index in [2.05, 4.69) is 14.8 Å². The average Bonchev–Trinajstić information content (AvgIpc) is 3.27. The number of halogens is 3. The van der Waals surface area contributed by atoms with Crippen molar-refractivity contribution in [2.75, 3.05) is 20.6 Å². The Labute approximate surface area is 245 Å². The van der Waals surface area contributed by atoms with Crippen molar-refractivity contribution < 1.29 is 31.1 Å². The van der Waals surface area contributed by atoms with Gasteiger partial charge in [-0.2, -0.15) is 0 Å². The van der Waals surface area contributed by atoms with Crippen LogP contribution in [0.1, 0.15) is 42.4 Å². The standard InChI is InChI=1S/C31H36F3N3O4S/c1-35-42(39,40)29-10-5-3-4-8-27(29)24-15-11-23(12-16-24)21-37(2)30(38)28-9-6-7-25(28)20-36-19-22-13-17-26(18-14-22)41-31(32,33)34/h3-4,8,10-18,25,28,35-36H,5-7,9,19-21H2,1-2H3/t25-,28?/m0/s1. The summed E-state index contributed by atoms with van der Waals surface area (Å²) in [5, 5.41) is 3.35. The van der Waals surface area contributed by atoms with E-state index in [9.17, 15) is 26.4 Å². The summed E-state index contributed by atoms with van der Waals surface area (Å²) in [7, 11) is -0.436. The lowest BCUT2D eigenvalue weighted by atomic mass is 9.94. The highest BCUT2D eigenvalue weighted by Crippen LogP contribution is 2.33. The van der Waals surface area contributed by atoms with Crippen LogP contribution < -0.4 is 14.8 Å². The van der Waals surface area contributed by atoms with E-state index in [1.54, 1.807) is 36.2 Å². The summed E-state index contributed by atoms with van der Waals surface area (Å²) in [5.41, 5.74) is 3.15. The van der Waals surface area contributed by atoms with Crippen LogP contribution in [0.25, 0.3) is 5.57 Å². The van der Waals surface area contributed by atoms with Crippen molar-refractivity contribution in [2.45, 2.75) is 45.1 Å². The minimum absolute atomic E-state index is 0.0824. The molecule has 0 radical (unpaired) electrons. The van der Waals surface area contributed by atoms with Crippen molar-refractivity contribution in [2.24, 2.45) is 11.8 Å². The molecule has 0 aliphatic heterocycles. The molecule has 0 bridgehead atoms. The predicted molar refractivity (Wildman–Crippen MR) is 156 cm³/mol. The first-order valence-electron chi connectivity index (χ1n) is 13.9. The summed E-state index contributed by atoms with van der Waals surface area (Å²) in [4.78, 5) is 15.4. The number of amides is 1. The van der Waals surface area contributed by atoms with Crippen LogP contribution in [0.4, 0.5) is 13.2 Å². The molecule has 42 heavy (non-hydrogen) atoms. The molecule has 2 N–H and O–H groups in total. The molecular weight excluding hydrogens is 567 g/mol. The predicted octanol–water partition coefficient (Wildman–Crippen LogP) is 5.53. The fourth-order valence-corrected chi connectivity index (χ4v) is 6.47. The van der Waals surface area contributed by atoms with E-state index in [-0.39, 0.29) is 28.4 Å². The van der Waals surface area contributed by atoms with Crippen molar-refractivity contribution in [1.29, 1.82) is 0 Å². The summed E-state index contributed by atoms with van der Waals surface area (Å²) in [6.45, 7) is 1.54. The monoisotopic (exact) mass is 603 g/mol. The quantitative estimate of drug-likeness (QED) is 0.353. The molecule has 2 aromatic rings. The first kappa shape index (κ1) is 31.5. The highest BCUT2D eigenvalue weighted by atomic mass is 32.2. The Morgan fingerprint density at radius 1 is 1.05 bits per heavy atom. The molecule has 1 unspecified atom stereocenters. The topological polar surface area (TPSA) is 87.7 Å². The van der Waals surface area contributed by atoms with Crippen molar-refractivity contribution in [3.63, 3.8) is 0 Å². The number of sulfonamides is 1. The Balaban J connectivity index is 1.32. The van der Waals surface area contributed by atoms with Crippen LogP contribution in [-0.2, 0) is 27.9 Å². The number of allylic oxidation sites excluding steroid dienone is 5. The second kappa shape index (κ2) is 13.7. The maximum Gasteiger partial charge on any atom is 0.573 e. The van der Waals surface area contributed by atoms with E-state index >= 15 is 0 Å². The zero-order valence-electron chi connectivity index (χ0n) is 23.7. The van der Waals surface area contributed by atoms with Gasteiger partial charge in [-0.15, -0.1) is 13.2 Å². The molecule has 11 heteroatoms. The van der Waals surface area contributed by atoms with Gasteiger partial charge in [0.25, 0.3) is 0 Å². The van der Waals surface area contributed by atoms with Crippen LogP contribution in [-0.4, -0.2) is 46.2 Å². The van der Waals surface area contributed by atoms with E-state index in [0.29, 0.717) is 31.6 Å². The van der Waals surface area contributed by atoms with Gasteiger partial charge in [0.15, 0.2) is 0 Å². The molecule has 7 nitrogen and oxygen atoms in total. The summed E-state index contributed by atoms with van der Waals surface area (Å²) in [6.07, 6.45) is 5.74. The van der Waals surface area contributed by atoms with Crippen LogP contribution in [0.5, 0.6) is 5.75 Å². The number of ether oxygens (including phenoxy) is 1. The molecule has 2 aromatic carbocycles. The normalized spacial score (nSPS) is 19.2. The molecule has 1 fully saturated rings. The van der Waals surface area contributed by atoms with E-state index < -0.39 is 16.4 Å². The van der Waals surface area contributed by atoms with Gasteiger partial charge in [-0.25, -0.2) is 13.1 Å². The smallest absolute Gasteiger partial charge is 0.406 e. The largest absolute Gasteiger partial charge is 0.573 e. The first-order chi connectivity index (χ1) is 20.0. The lowest BCUT2D eigenvalue weighted by Crippen LogP contribution is -2.37. The molecular formula is C31H36F3N3O4S. The van der Waals surface area contributed by atoms with Crippen LogP contribution in [0.15, 0.2) is 77.7 Å². The molecule has 0 heterocycles. The Morgan fingerprint density at radius 2 is 1.74 bits per heavy atom. The van der Waals surface area contributed by atoms with E-state index in [0.717, 1.165) is 36.0 Å². The average molecular weight is 604 g/mol. The van der Waals surface area contributed by atoms with Gasteiger partial charge in [0.1, 0.15) is 5.75 Å². The van der Waals surface area contributed by atoms with Crippen LogP contribution >= 0.6 is 0 Å². The van der Waals surface area contributed by atoms with Gasteiger partial charge in [-0.1, -0.05) is 67.1 Å². The van der Waals surface area contributed by atoms with Crippen molar-refractivity contribution in [1.82, 2.24) is 14.9 Å². The second-order valence-electron chi connectivity index (χ2n) is 10.5. The number of nitrogens with zero attached hydrogens (tertiary/aromatic N) is 1. The minimum atomic E-state index is -4.72. The number of benzene rings is 2. The lowest BCUT2D eigenvalue weighted by Gasteiger charge is -2.26. The molecule has 2 aliphatic carbocycles. The first-order valence-corrected chi connectivity index (χ1v) is 15.4. The number of carbonyl (C=O) groups excluding carboxylic acids is 1. The lowest BCUT2D eigenvalue weighted by molar-refractivity contribution is -0.274. The zero-order valence-corrected chi connectivity index (χ0v) is 24.5. The molecule has 2 aliphatic rings. The third kappa shape index (κ3) is 8.33. The van der Waals surface area contributed by atoms with Gasteiger partial charge >= 0.3 is 6.36 Å². The number of hydrogen-bond donors (Lipinski definition) is 2. The van der Waals surface area contributed by atoms with Gasteiger partial charge in [-0.05, 0) is 67.6 Å². The summed E-state index contributed by atoms with van der Waals surface area (Å²) < 4.78 is 68.6. The Hall–Kier alpha value is -3.41. The van der Waals surface area contributed by atoms with Gasteiger partial charge in [-0.3, -0.25) is 4.79 Å². The molecule has 0 saturated heterocycles. The maximum atomic E-state index is 13.4. The fraction of sp³-hybridized carbons (Fsp3) is 0.387. The molecule has 4 rings (SSSR count). The molecule has 0 spiro atoms. The highest BCUT2D eigenvalue weighted by molar-refractivity contribution is 7.94. The minimum Gasteiger partial charge on any atom is -0.406 e. The number of rotatable bonds is 11. The summed E-state index contributed by atoms with van der Waals surface area (Å²) in [5.74, 6) is -0.109. The third-order valence-corrected chi connectivity index (χ3v) is 9.09. The van der Waals surface area contributed by atoms with E-state index in [1.165, 1.54) is 19.2 Å². The number of carbonyl (C=O) groups is 1. The molecule has 0 aromatic heterocycles. The molecule has 2 atom stereocenters. The van der Waals surface area contributed by atoms with Crippen LogP contribution in [0.2, 0.25) is 0 Å². The van der Waals surface area contributed by atoms with Crippen LogP contribution in [0.3, 0.4) is 0 Å². The number of hydrogen-bond acceptors (Lipinski definition) is 5. The molecule has 1 saturated carbocycles. The van der Waals surface area contributed by atoms with Gasteiger partial charge in [0, 0.05) is 31.6 Å². The van der Waals surface area contributed by atoms with Crippen molar-refractivity contribution >= 4 is 21.5 Å². The van der Waals surface area contributed by atoms with Crippen LogP contribution in [0, 0.1) is 11.8 Å². The third-order valence-electron chi connectivity index (χ3n) is 7.59. The van der Waals surface area contributed by atoms with Crippen molar-refractivity contribution in [3.05, 3.63) is 94.4 Å². The zero-order chi connectivity index (χ0) is 30.3. The summed E-state index contributed by atoms with van der Waals surface area (Å²) >= 11 is 0. The highest BCUT2D eigenvalue weighted by Gasteiger charge is 2.34.